The van der Waals surface area contributed by atoms with E-state index >= 15 is 0 Å². The van der Waals surface area contributed by atoms with Crippen molar-refractivity contribution in [3.8, 4) is 0 Å². The maximum atomic E-state index is 8.88. The number of rotatable bonds is 0. The van der Waals surface area contributed by atoms with Gasteiger partial charge in [0.2, 0.25) is 0 Å². The summed E-state index contributed by atoms with van der Waals surface area (Å²) in [6.45, 7) is 0. The molecule has 0 bridgehead atoms. The van der Waals surface area contributed by atoms with Crippen LogP contribution in [0.1, 0.15) is 2.85 Å². The Labute approximate surface area is 110 Å². The first-order valence-electron chi connectivity index (χ1n) is 0.906. The van der Waals surface area contributed by atoms with Crippen molar-refractivity contribution in [1.82, 2.24) is 0 Å². The van der Waals surface area contributed by atoms with E-state index in [0.717, 1.165) is 0 Å². The van der Waals surface area contributed by atoms with Crippen LogP contribution in [0.5, 0.6) is 0 Å². The van der Waals surface area contributed by atoms with Gasteiger partial charge in [0.05, 0.1) is 0 Å². The summed E-state index contributed by atoms with van der Waals surface area (Å²) in [5.41, 5.74) is 0. The Morgan fingerprint density at radius 1 is 1.22 bits per heavy atom. The van der Waals surface area contributed by atoms with E-state index in [1.54, 1.807) is 21.0 Å². The molecule has 0 rings (SSSR count). The van der Waals surface area contributed by atoms with Crippen molar-refractivity contribution in [2.45, 2.75) is 0 Å². The largest absolute Gasteiger partial charge is 0 e. The zero-order valence-corrected chi connectivity index (χ0v) is 11.9. The van der Waals surface area contributed by atoms with Gasteiger partial charge in [-0.2, -0.15) is 0 Å². The van der Waals surface area contributed by atoms with Crippen molar-refractivity contribution in [1.29, 1.82) is 0 Å². The van der Waals surface area contributed by atoms with Crippen molar-refractivity contribution in [2.75, 3.05) is 0 Å². The average Bonchev–Trinajstić information content (AvgIpc) is 1.36. The van der Waals surface area contributed by atoms with Crippen molar-refractivity contribution >= 4 is 45.6 Å². The van der Waals surface area contributed by atoms with Crippen LogP contribution < -0.4 is 0 Å². The number of hydrogen-bond acceptors (Lipinski definition) is 2. The summed E-state index contributed by atoms with van der Waals surface area (Å²) in [7, 11) is -4.64. The van der Waals surface area contributed by atoms with Crippen molar-refractivity contribution in [2.24, 2.45) is 0 Å². The minimum Gasteiger partial charge on any atom is 0 e. The van der Waals surface area contributed by atoms with E-state index in [9.17, 15) is 0 Å². The first kappa shape index (κ1) is 22.5. The molecule has 0 heterocycles. The van der Waals surface area contributed by atoms with Gasteiger partial charge in [-0.15, -0.1) is 0 Å². The summed E-state index contributed by atoms with van der Waals surface area (Å²) < 4.78 is 16.9. The Morgan fingerprint density at radius 2 is 1.22 bits per heavy atom. The first-order valence-corrected chi connectivity index (χ1v) is 3.08. The molecule has 55 valence electrons. The molecule has 0 aliphatic rings. The predicted octanol–water partition coefficient (Wildman–Crippen LogP) is -1.21. The Balaban J connectivity index is -0.00000000972. The molecular weight excluding hydrogens is 324 g/mol. The molecule has 9 heteroatoms. The van der Waals surface area contributed by atoms with E-state index in [0.29, 0.717) is 0 Å². The summed E-state index contributed by atoms with van der Waals surface area (Å²) in [5.74, 6) is 0. The SMILES string of the molecule is O=P(O)(O)O.[Ca+2].[H-].[H-].[O]=[Ag].[Zn]. The van der Waals surface area contributed by atoms with Gasteiger partial charge in [-0.3, -0.25) is 0 Å². The van der Waals surface area contributed by atoms with Crippen molar-refractivity contribution in [3.05, 3.63) is 0 Å². The molecule has 0 unspecified atom stereocenters. The number of phosphoric acid groups is 1. The Morgan fingerprint density at radius 3 is 1.22 bits per heavy atom. The quantitative estimate of drug-likeness (QED) is 0.383. The van der Waals surface area contributed by atoms with Gasteiger partial charge in [-0.1, -0.05) is 0 Å². The van der Waals surface area contributed by atoms with Gasteiger partial charge in [0.15, 0.2) is 0 Å². The van der Waals surface area contributed by atoms with Crippen LogP contribution in [0.25, 0.3) is 0 Å². The topological polar surface area (TPSA) is 94.8 Å². The van der Waals surface area contributed by atoms with Crippen LogP contribution in [0.4, 0.5) is 0 Å². The van der Waals surface area contributed by atoms with E-state index in [1.165, 1.54) is 0 Å². The third-order valence-corrected chi connectivity index (χ3v) is 0. The van der Waals surface area contributed by atoms with Crippen LogP contribution in [-0.4, -0.2) is 52.4 Å². The fourth-order valence-electron chi connectivity index (χ4n) is 0. The van der Waals surface area contributed by atoms with E-state index in [2.05, 4.69) is 0 Å². The molecule has 9 heavy (non-hydrogen) atoms. The van der Waals surface area contributed by atoms with Gasteiger partial charge in [-0.25, -0.2) is 4.57 Å². The monoisotopic (exact) mass is 327 g/mol. The molecule has 0 amide bonds. The molecule has 0 fully saturated rings. The van der Waals surface area contributed by atoms with E-state index < -0.39 is 7.82 Å². The molecule has 0 atom stereocenters. The number of hydrogen-bond donors (Lipinski definition) is 3. The fraction of sp³-hybridized carbons (Fsp3) is 0. The molecule has 3 N–H and O–H groups in total. The van der Waals surface area contributed by atoms with Crippen molar-refractivity contribution < 1.29 is 65.9 Å². The second kappa shape index (κ2) is 13.1. The molecule has 0 aliphatic carbocycles. The Bertz CT molecular complexity index is 80.3. The van der Waals surface area contributed by atoms with Gasteiger partial charge in [-0.05, 0) is 0 Å². The second-order valence-corrected chi connectivity index (χ2v) is 1.54. The van der Waals surface area contributed by atoms with Crippen LogP contribution in [0.2, 0.25) is 0 Å². The molecule has 5 nitrogen and oxygen atoms in total. The zero-order valence-electron chi connectivity index (χ0n) is 6.32. The van der Waals surface area contributed by atoms with Crippen LogP contribution >= 0.6 is 7.82 Å². The van der Waals surface area contributed by atoms with Crippen LogP contribution in [0, 0.1) is 0 Å². The Kier molecular flexibility index (Phi) is 32.9. The minimum atomic E-state index is -4.64. The molecule has 0 aromatic rings. The molecule has 0 aromatic carbocycles. The fourth-order valence-corrected chi connectivity index (χ4v) is 0. The molecule has 0 radical (unpaired) electrons. The smallest absolute Gasteiger partial charge is 0 e. The maximum absolute atomic E-state index is 8.88. The van der Waals surface area contributed by atoms with Gasteiger partial charge in [0, 0.05) is 19.5 Å². The van der Waals surface area contributed by atoms with Crippen molar-refractivity contribution in [3.63, 3.8) is 0 Å². The van der Waals surface area contributed by atoms with Gasteiger partial charge >= 0.3 is 69.9 Å². The normalized spacial score (nSPS) is 7.22. The van der Waals surface area contributed by atoms with E-state index in [1.807, 2.05) is 0 Å². The molecule has 0 aliphatic heterocycles. The molecular formula is H5AgCaO5PZn. The van der Waals surface area contributed by atoms with Crippen LogP contribution in [-0.2, 0) is 48.3 Å². The summed E-state index contributed by atoms with van der Waals surface area (Å²) >= 11 is 1.70. The van der Waals surface area contributed by atoms with Gasteiger partial charge < -0.3 is 17.5 Å². The standard InChI is InChI=1S/Ag.Ca.H3O4P.O.Zn.2H/c;;1-5(2,3)4;;;;/h;;(H3,1,2,3,4);;;;/q;+2;;;;2*-1. The Hall–Kier alpha value is 2.53. The summed E-state index contributed by atoms with van der Waals surface area (Å²) in [6, 6.07) is 0. The molecule has 0 saturated carbocycles. The van der Waals surface area contributed by atoms with E-state index in [4.69, 9.17) is 22.5 Å². The van der Waals surface area contributed by atoms with Crippen LogP contribution in [0.3, 0.4) is 0 Å². The zero-order chi connectivity index (χ0) is 6.50. The predicted molar refractivity (Wildman–Crippen MR) is 22.9 cm³/mol. The van der Waals surface area contributed by atoms with Gasteiger partial charge in [0.25, 0.3) is 0 Å². The second-order valence-electron chi connectivity index (χ2n) is 0.513. The molecule has 0 saturated heterocycles. The third kappa shape index (κ3) is 120. The average molecular weight is 329 g/mol. The van der Waals surface area contributed by atoms with Crippen LogP contribution in [0.15, 0.2) is 0 Å². The van der Waals surface area contributed by atoms with Gasteiger partial charge in [0.1, 0.15) is 0 Å². The summed E-state index contributed by atoms with van der Waals surface area (Å²) in [6.07, 6.45) is 0. The maximum Gasteiger partial charge on any atom is 0 e. The first-order chi connectivity index (χ1) is 3.00. The molecule has 0 aromatic heterocycles. The van der Waals surface area contributed by atoms with E-state index in [-0.39, 0.29) is 60.1 Å². The summed E-state index contributed by atoms with van der Waals surface area (Å²) in [4.78, 5) is 21.6. The summed E-state index contributed by atoms with van der Waals surface area (Å²) in [5, 5.41) is 0. The third-order valence-electron chi connectivity index (χ3n) is 0. The minimum absolute atomic E-state index is 0. The molecule has 0 spiro atoms.